The van der Waals surface area contributed by atoms with E-state index in [9.17, 15) is 0 Å². The van der Waals surface area contributed by atoms with Gasteiger partial charge in [-0.1, -0.05) is 32.3 Å². The predicted octanol–water partition coefficient (Wildman–Crippen LogP) is 3.99. The molecule has 2 atom stereocenters. The number of pyridine rings is 1. The lowest BCUT2D eigenvalue weighted by Crippen LogP contribution is -2.16. The maximum absolute atomic E-state index is 4.49. The molecule has 0 amide bonds. The zero-order chi connectivity index (χ0) is 10.8. The Morgan fingerprint density at radius 3 is 2.67 bits per heavy atom. The molecule has 1 fully saturated rings. The highest BCUT2D eigenvalue weighted by Gasteiger charge is 2.24. The number of aromatic nitrogens is 1. The van der Waals surface area contributed by atoms with E-state index >= 15 is 0 Å². The summed E-state index contributed by atoms with van der Waals surface area (Å²) in [5, 5.41) is 0. The van der Waals surface area contributed by atoms with Crippen LogP contribution in [0, 0.1) is 19.8 Å². The molecular weight excluding hydrogens is 182 g/mol. The molecule has 1 saturated carbocycles. The molecule has 0 bridgehead atoms. The number of aryl methyl sites for hydroxylation is 2. The molecule has 0 saturated heterocycles. The second-order valence-corrected chi connectivity index (χ2v) is 5.06. The Hall–Kier alpha value is -0.850. The van der Waals surface area contributed by atoms with Crippen molar-refractivity contribution in [1.82, 2.24) is 4.98 Å². The highest BCUT2D eigenvalue weighted by molar-refractivity contribution is 5.28. The van der Waals surface area contributed by atoms with Gasteiger partial charge >= 0.3 is 0 Å². The molecule has 1 aliphatic rings. The molecule has 1 unspecified atom stereocenters. The van der Waals surface area contributed by atoms with E-state index in [4.69, 9.17) is 0 Å². The Morgan fingerprint density at radius 1 is 1.20 bits per heavy atom. The van der Waals surface area contributed by atoms with Crippen molar-refractivity contribution in [2.24, 2.45) is 5.92 Å². The Balaban J connectivity index is 2.30. The van der Waals surface area contributed by atoms with Crippen molar-refractivity contribution < 1.29 is 0 Å². The number of hydrogen-bond acceptors (Lipinski definition) is 1. The summed E-state index contributed by atoms with van der Waals surface area (Å²) in [6.07, 6.45) is 7.52. The fourth-order valence-corrected chi connectivity index (χ4v) is 2.81. The quantitative estimate of drug-likeness (QED) is 0.672. The van der Waals surface area contributed by atoms with E-state index in [1.807, 2.05) is 6.20 Å². The summed E-state index contributed by atoms with van der Waals surface area (Å²) < 4.78 is 0. The lowest BCUT2D eigenvalue weighted by Gasteiger charge is -2.30. The number of hydrogen-bond donors (Lipinski definition) is 0. The molecule has 1 aliphatic carbocycles. The molecular formula is C14H21N. The average molecular weight is 203 g/mol. The summed E-state index contributed by atoms with van der Waals surface area (Å²) in [5.74, 6) is 1.59. The van der Waals surface area contributed by atoms with Crippen LogP contribution < -0.4 is 0 Å². The minimum atomic E-state index is 0.756. The highest BCUT2D eigenvalue weighted by atomic mass is 14.7. The molecule has 0 radical (unpaired) electrons. The van der Waals surface area contributed by atoms with Gasteiger partial charge in [-0.05, 0) is 43.2 Å². The summed E-state index contributed by atoms with van der Waals surface area (Å²) in [4.78, 5) is 4.49. The molecule has 15 heavy (non-hydrogen) atoms. The van der Waals surface area contributed by atoms with Gasteiger partial charge in [-0.3, -0.25) is 4.98 Å². The van der Waals surface area contributed by atoms with Crippen LogP contribution in [-0.4, -0.2) is 4.98 Å². The van der Waals surface area contributed by atoms with Gasteiger partial charge in [-0.2, -0.15) is 0 Å². The van der Waals surface area contributed by atoms with E-state index in [2.05, 4.69) is 31.8 Å². The monoisotopic (exact) mass is 203 g/mol. The van der Waals surface area contributed by atoms with E-state index in [-0.39, 0.29) is 0 Å². The molecule has 1 heterocycles. The standard InChI is InChI=1S/C14H21N/c1-10-8-14(12(3)15-9-10)13-7-5-4-6-11(13)2/h8-9,11,13H,4-7H2,1-3H3/t11-,13?/m1/s1. The van der Waals surface area contributed by atoms with Gasteiger partial charge < -0.3 is 0 Å². The zero-order valence-corrected chi connectivity index (χ0v) is 10.1. The Bertz CT molecular complexity index is 343. The lowest BCUT2D eigenvalue weighted by molar-refractivity contribution is 0.329. The van der Waals surface area contributed by atoms with Gasteiger partial charge in [0.15, 0.2) is 0 Å². The Labute approximate surface area is 92.9 Å². The SMILES string of the molecule is Cc1cnc(C)c(C2CCCC[C@H]2C)c1. The second-order valence-electron chi connectivity index (χ2n) is 5.06. The smallest absolute Gasteiger partial charge is 0.0407 e. The van der Waals surface area contributed by atoms with Gasteiger partial charge in [0.05, 0.1) is 0 Å². The Morgan fingerprint density at radius 2 is 1.93 bits per heavy atom. The summed E-state index contributed by atoms with van der Waals surface area (Å²) >= 11 is 0. The molecule has 0 N–H and O–H groups in total. The van der Waals surface area contributed by atoms with Crippen molar-refractivity contribution in [2.75, 3.05) is 0 Å². The number of nitrogens with zero attached hydrogens (tertiary/aromatic N) is 1. The normalized spacial score (nSPS) is 26.6. The first-order valence-electron chi connectivity index (χ1n) is 6.11. The van der Waals surface area contributed by atoms with E-state index in [0.29, 0.717) is 0 Å². The molecule has 0 spiro atoms. The van der Waals surface area contributed by atoms with Gasteiger partial charge in [0.25, 0.3) is 0 Å². The van der Waals surface area contributed by atoms with Gasteiger partial charge in [-0.25, -0.2) is 0 Å². The number of rotatable bonds is 1. The van der Waals surface area contributed by atoms with Crippen molar-refractivity contribution in [2.45, 2.75) is 52.4 Å². The van der Waals surface area contributed by atoms with E-state index in [1.54, 1.807) is 0 Å². The van der Waals surface area contributed by atoms with Crippen LogP contribution in [-0.2, 0) is 0 Å². The lowest BCUT2D eigenvalue weighted by atomic mass is 9.76. The average Bonchev–Trinajstić information content (AvgIpc) is 2.23. The summed E-state index contributed by atoms with van der Waals surface area (Å²) in [5.41, 5.74) is 4.04. The van der Waals surface area contributed by atoms with Crippen molar-refractivity contribution in [1.29, 1.82) is 0 Å². The molecule has 2 rings (SSSR count). The van der Waals surface area contributed by atoms with Gasteiger partial charge in [0.1, 0.15) is 0 Å². The van der Waals surface area contributed by atoms with Crippen molar-refractivity contribution in [3.8, 4) is 0 Å². The topological polar surface area (TPSA) is 12.9 Å². The van der Waals surface area contributed by atoms with Gasteiger partial charge in [-0.15, -0.1) is 0 Å². The summed E-state index contributed by atoms with van der Waals surface area (Å²) in [6, 6.07) is 2.34. The Kier molecular flexibility index (Phi) is 3.08. The molecule has 0 aliphatic heterocycles. The first kappa shape index (κ1) is 10.7. The van der Waals surface area contributed by atoms with Crippen molar-refractivity contribution >= 4 is 0 Å². The molecule has 82 valence electrons. The van der Waals surface area contributed by atoms with Crippen molar-refractivity contribution in [3.63, 3.8) is 0 Å². The fraction of sp³-hybridized carbons (Fsp3) is 0.643. The van der Waals surface area contributed by atoms with Crippen LogP contribution in [0.1, 0.15) is 55.3 Å². The summed E-state index contributed by atoms with van der Waals surface area (Å²) in [6.45, 7) is 6.69. The minimum absolute atomic E-state index is 0.756. The van der Waals surface area contributed by atoms with E-state index in [1.165, 1.54) is 42.5 Å². The van der Waals surface area contributed by atoms with Gasteiger partial charge in [0, 0.05) is 11.9 Å². The molecule has 1 aromatic heterocycles. The third-order valence-electron chi connectivity index (χ3n) is 3.77. The third-order valence-corrected chi connectivity index (χ3v) is 3.77. The van der Waals surface area contributed by atoms with Crippen LogP contribution in [0.15, 0.2) is 12.3 Å². The fourth-order valence-electron chi connectivity index (χ4n) is 2.81. The van der Waals surface area contributed by atoms with Crippen LogP contribution in [0.3, 0.4) is 0 Å². The first-order valence-corrected chi connectivity index (χ1v) is 6.11. The maximum Gasteiger partial charge on any atom is 0.0407 e. The van der Waals surface area contributed by atoms with Crippen molar-refractivity contribution in [3.05, 3.63) is 29.1 Å². The van der Waals surface area contributed by atoms with E-state index < -0.39 is 0 Å². The van der Waals surface area contributed by atoms with Crippen LogP contribution in [0.2, 0.25) is 0 Å². The van der Waals surface area contributed by atoms with Gasteiger partial charge in [0.2, 0.25) is 0 Å². The second kappa shape index (κ2) is 4.34. The maximum atomic E-state index is 4.49. The zero-order valence-electron chi connectivity index (χ0n) is 10.1. The molecule has 1 nitrogen and oxygen atoms in total. The van der Waals surface area contributed by atoms with E-state index in [0.717, 1.165) is 11.8 Å². The summed E-state index contributed by atoms with van der Waals surface area (Å²) in [7, 11) is 0. The first-order chi connectivity index (χ1) is 7.18. The third kappa shape index (κ3) is 2.22. The van der Waals surface area contributed by atoms with Crippen LogP contribution in [0.4, 0.5) is 0 Å². The minimum Gasteiger partial charge on any atom is -0.261 e. The largest absolute Gasteiger partial charge is 0.261 e. The molecule has 1 heteroatoms. The van der Waals surface area contributed by atoms with Crippen LogP contribution in [0.25, 0.3) is 0 Å². The van der Waals surface area contributed by atoms with Crippen LogP contribution in [0.5, 0.6) is 0 Å². The highest BCUT2D eigenvalue weighted by Crippen LogP contribution is 2.38. The van der Waals surface area contributed by atoms with Crippen LogP contribution >= 0.6 is 0 Å². The predicted molar refractivity (Wildman–Crippen MR) is 64.1 cm³/mol. The molecule has 1 aromatic rings. The molecule has 0 aromatic carbocycles.